The van der Waals surface area contributed by atoms with Gasteiger partial charge in [0.15, 0.2) is 0 Å². The van der Waals surface area contributed by atoms with E-state index < -0.39 is 10.0 Å². The number of benzene rings is 2. The van der Waals surface area contributed by atoms with E-state index in [0.29, 0.717) is 18.1 Å². The lowest BCUT2D eigenvalue weighted by atomic mass is 10.0. The molecule has 3 aromatic rings. The Bertz CT molecular complexity index is 1040. The third kappa shape index (κ3) is 4.27. The van der Waals surface area contributed by atoms with Crippen molar-refractivity contribution in [1.29, 1.82) is 0 Å². The van der Waals surface area contributed by atoms with Gasteiger partial charge in [-0.15, -0.1) is 21.5 Å². The summed E-state index contributed by atoms with van der Waals surface area (Å²) in [5.74, 6) is 0.0813. The number of rotatable bonds is 5. The maximum absolute atomic E-state index is 13.0. The maximum atomic E-state index is 13.0. The molecule has 1 fully saturated rings. The summed E-state index contributed by atoms with van der Waals surface area (Å²) in [5.41, 5.74) is 1.20. The molecule has 0 saturated carbocycles. The van der Waals surface area contributed by atoms with Gasteiger partial charge in [0, 0.05) is 30.5 Å². The number of hydrogen-bond donors (Lipinski definition) is 0. The number of nitrogens with zero attached hydrogens (tertiary/aromatic N) is 3. The topological polar surface area (TPSA) is 63.2 Å². The average molecular weight is 434 g/mol. The second kappa shape index (κ2) is 8.29. The van der Waals surface area contributed by atoms with E-state index in [1.54, 1.807) is 39.9 Å². The van der Waals surface area contributed by atoms with Gasteiger partial charge < -0.3 is 0 Å². The monoisotopic (exact) mass is 433 g/mol. The summed E-state index contributed by atoms with van der Waals surface area (Å²) in [7, 11) is -3.53. The number of piperidine rings is 1. The van der Waals surface area contributed by atoms with E-state index in [-0.39, 0.29) is 10.8 Å². The Hall–Kier alpha value is -1.80. The van der Waals surface area contributed by atoms with Gasteiger partial charge in [-0.1, -0.05) is 41.9 Å². The summed E-state index contributed by atoms with van der Waals surface area (Å²) in [6.07, 6.45) is 2.48. The van der Waals surface area contributed by atoms with Crippen LogP contribution in [0, 0.1) is 0 Å². The minimum absolute atomic E-state index is 0.0813. The predicted octanol–water partition coefficient (Wildman–Crippen LogP) is 4.35. The Morgan fingerprint density at radius 3 is 2.57 bits per heavy atom. The summed E-state index contributed by atoms with van der Waals surface area (Å²) in [6, 6.07) is 16.5. The molecule has 1 saturated heterocycles. The number of halogens is 1. The fraction of sp³-hybridized carbons (Fsp3) is 0.300. The number of hydrogen-bond acceptors (Lipinski definition) is 5. The van der Waals surface area contributed by atoms with E-state index in [9.17, 15) is 8.42 Å². The molecular formula is C20H20ClN3O2S2. The van der Waals surface area contributed by atoms with Crippen molar-refractivity contribution in [2.75, 3.05) is 13.1 Å². The number of sulfonamides is 1. The van der Waals surface area contributed by atoms with E-state index in [1.807, 2.05) is 18.2 Å². The smallest absolute Gasteiger partial charge is 0.207 e. The van der Waals surface area contributed by atoms with E-state index in [4.69, 9.17) is 11.6 Å². The molecule has 0 N–H and O–H groups in total. The molecule has 4 rings (SSSR count). The van der Waals surface area contributed by atoms with Crippen LogP contribution in [0.1, 0.15) is 34.3 Å². The van der Waals surface area contributed by atoms with Crippen molar-refractivity contribution >= 4 is 33.0 Å². The minimum atomic E-state index is -3.53. The first-order valence-electron chi connectivity index (χ1n) is 9.14. The zero-order valence-electron chi connectivity index (χ0n) is 15.2. The summed E-state index contributed by atoms with van der Waals surface area (Å²) in [5, 5.41) is 11.1. The highest BCUT2D eigenvalue weighted by atomic mass is 35.5. The zero-order chi connectivity index (χ0) is 19.6. The zero-order valence-corrected chi connectivity index (χ0v) is 17.6. The first kappa shape index (κ1) is 19.5. The lowest BCUT2D eigenvalue weighted by molar-refractivity contribution is 0.314. The second-order valence-corrected chi connectivity index (χ2v) is 10.3. The molecule has 8 heteroatoms. The summed E-state index contributed by atoms with van der Waals surface area (Å²) >= 11 is 7.47. The van der Waals surface area contributed by atoms with Crippen LogP contribution in [0.25, 0.3) is 0 Å². The third-order valence-corrected chi connectivity index (χ3v) is 8.08. The van der Waals surface area contributed by atoms with Gasteiger partial charge >= 0.3 is 0 Å². The van der Waals surface area contributed by atoms with E-state index in [1.165, 1.54) is 5.56 Å². The molecule has 2 heterocycles. The maximum Gasteiger partial charge on any atom is 0.243 e. The van der Waals surface area contributed by atoms with Gasteiger partial charge in [0.2, 0.25) is 10.0 Å². The lowest BCUT2D eigenvalue weighted by Gasteiger charge is -2.30. The van der Waals surface area contributed by atoms with Crippen LogP contribution in [0.4, 0.5) is 0 Å². The summed E-state index contributed by atoms with van der Waals surface area (Å²) in [6.45, 7) is 0.960. The SMILES string of the molecule is O=S(=O)(c1ccc(Cl)cc1)N1CCCC(c2nnc(Cc3ccccc3)s2)C1. The Labute approximate surface area is 174 Å². The molecule has 28 heavy (non-hydrogen) atoms. The second-order valence-electron chi connectivity index (χ2n) is 6.85. The van der Waals surface area contributed by atoms with E-state index in [2.05, 4.69) is 22.3 Å². The highest BCUT2D eigenvalue weighted by Crippen LogP contribution is 2.32. The van der Waals surface area contributed by atoms with Gasteiger partial charge in [-0.05, 0) is 42.7 Å². The minimum Gasteiger partial charge on any atom is -0.207 e. The normalized spacial score (nSPS) is 18.2. The average Bonchev–Trinajstić information content (AvgIpc) is 3.18. The summed E-state index contributed by atoms with van der Waals surface area (Å²) < 4.78 is 27.5. The van der Waals surface area contributed by atoms with E-state index >= 15 is 0 Å². The molecule has 0 aliphatic carbocycles. The van der Waals surface area contributed by atoms with Crippen molar-refractivity contribution in [3.63, 3.8) is 0 Å². The van der Waals surface area contributed by atoms with Gasteiger partial charge in [-0.2, -0.15) is 4.31 Å². The van der Waals surface area contributed by atoms with Crippen LogP contribution in [0.5, 0.6) is 0 Å². The molecule has 1 atom stereocenters. The molecule has 1 aliphatic rings. The Balaban J connectivity index is 1.49. The van der Waals surface area contributed by atoms with Crippen molar-refractivity contribution in [2.45, 2.75) is 30.1 Å². The van der Waals surface area contributed by atoms with Crippen LogP contribution in [0.15, 0.2) is 59.5 Å². The van der Waals surface area contributed by atoms with E-state index in [0.717, 1.165) is 29.3 Å². The summed E-state index contributed by atoms with van der Waals surface area (Å²) in [4.78, 5) is 0.277. The molecule has 1 aliphatic heterocycles. The van der Waals surface area contributed by atoms with Crippen molar-refractivity contribution in [1.82, 2.24) is 14.5 Å². The molecular weight excluding hydrogens is 414 g/mol. The first-order valence-corrected chi connectivity index (χ1v) is 11.8. The highest BCUT2D eigenvalue weighted by molar-refractivity contribution is 7.89. The first-order chi connectivity index (χ1) is 13.5. The van der Waals surface area contributed by atoms with Gasteiger partial charge in [0.1, 0.15) is 10.0 Å². The van der Waals surface area contributed by atoms with Gasteiger partial charge in [0.25, 0.3) is 0 Å². The molecule has 2 aromatic carbocycles. The molecule has 1 aromatic heterocycles. The standard InChI is InChI=1S/C20H20ClN3O2S2/c21-17-8-10-18(11-9-17)28(25,26)24-12-4-7-16(14-24)20-23-22-19(27-20)13-15-5-2-1-3-6-15/h1-3,5-6,8-11,16H,4,7,12-14H2. The van der Waals surface area contributed by atoms with Crippen LogP contribution >= 0.6 is 22.9 Å². The van der Waals surface area contributed by atoms with Crippen molar-refractivity contribution in [3.05, 3.63) is 75.2 Å². The van der Waals surface area contributed by atoms with Gasteiger partial charge in [-0.3, -0.25) is 0 Å². The third-order valence-electron chi connectivity index (χ3n) is 4.87. The molecule has 1 unspecified atom stereocenters. The predicted molar refractivity (Wildman–Crippen MR) is 111 cm³/mol. The van der Waals surface area contributed by atoms with Crippen LogP contribution in [0.2, 0.25) is 5.02 Å². The molecule has 5 nitrogen and oxygen atoms in total. The Kier molecular flexibility index (Phi) is 5.78. The molecule has 0 spiro atoms. The number of aromatic nitrogens is 2. The van der Waals surface area contributed by atoms with Crippen molar-refractivity contribution < 1.29 is 8.42 Å². The molecule has 146 valence electrons. The Morgan fingerprint density at radius 1 is 1.07 bits per heavy atom. The van der Waals surface area contributed by atoms with Gasteiger partial charge in [0.05, 0.1) is 4.90 Å². The van der Waals surface area contributed by atoms with Crippen LogP contribution in [0.3, 0.4) is 0 Å². The fourth-order valence-corrected chi connectivity index (χ4v) is 6.04. The largest absolute Gasteiger partial charge is 0.243 e. The quantitative estimate of drug-likeness (QED) is 0.600. The van der Waals surface area contributed by atoms with Crippen LogP contribution in [-0.4, -0.2) is 36.0 Å². The molecule has 0 radical (unpaired) electrons. The van der Waals surface area contributed by atoms with Crippen molar-refractivity contribution in [2.24, 2.45) is 0 Å². The van der Waals surface area contributed by atoms with Crippen LogP contribution < -0.4 is 0 Å². The van der Waals surface area contributed by atoms with Gasteiger partial charge in [-0.25, -0.2) is 8.42 Å². The fourth-order valence-electron chi connectivity index (χ4n) is 3.39. The van der Waals surface area contributed by atoms with Crippen LogP contribution in [-0.2, 0) is 16.4 Å². The van der Waals surface area contributed by atoms with Crippen molar-refractivity contribution in [3.8, 4) is 0 Å². The lowest BCUT2D eigenvalue weighted by Crippen LogP contribution is -2.39. The molecule has 0 amide bonds. The Morgan fingerprint density at radius 2 is 1.82 bits per heavy atom. The highest BCUT2D eigenvalue weighted by Gasteiger charge is 2.32. The molecule has 0 bridgehead atoms.